The van der Waals surface area contributed by atoms with Crippen molar-refractivity contribution in [2.75, 3.05) is 14.2 Å². The third-order valence-corrected chi connectivity index (χ3v) is 4.57. The number of ether oxygens (including phenoxy) is 1. The number of methoxy groups -OCH3 is 1. The van der Waals surface area contributed by atoms with Crippen LogP contribution in [0.3, 0.4) is 0 Å². The summed E-state index contributed by atoms with van der Waals surface area (Å²) < 4.78 is 7.04. The normalized spacial score (nSPS) is 10.8. The smallest absolute Gasteiger partial charge is 0.274 e. The standard InChI is InChI=1S/C22H20N4O2/c1-25(14-16-6-4-3-5-7-16)22(27)19-15-26-13-12-23-20(21(26)24-19)17-8-10-18(28-2)11-9-17/h3-13,15H,14H2,1-2H3. The summed E-state index contributed by atoms with van der Waals surface area (Å²) in [5, 5.41) is 0. The van der Waals surface area contributed by atoms with E-state index in [0.29, 0.717) is 17.9 Å². The fourth-order valence-electron chi connectivity index (χ4n) is 3.10. The van der Waals surface area contributed by atoms with Crippen molar-refractivity contribution in [3.8, 4) is 17.0 Å². The molecule has 0 saturated carbocycles. The maximum atomic E-state index is 12.9. The summed E-state index contributed by atoms with van der Waals surface area (Å²) in [6.45, 7) is 0.525. The number of benzene rings is 2. The molecule has 0 saturated heterocycles. The Bertz CT molecular complexity index is 1100. The van der Waals surface area contributed by atoms with Crippen LogP contribution in [-0.2, 0) is 6.54 Å². The van der Waals surface area contributed by atoms with Gasteiger partial charge in [0.25, 0.3) is 5.91 Å². The summed E-state index contributed by atoms with van der Waals surface area (Å²) in [5.74, 6) is 0.644. The first kappa shape index (κ1) is 17.7. The van der Waals surface area contributed by atoms with Crippen LogP contribution in [-0.4, -0.2) is 39.3 Å². The monoisotopic (exact) mass is 372 g/mol. The molecule has 28 heavy (non-hydrogen) atoms. The molecular formula is C22H20N4O2. The molecule has 0 fully saturated rings. The number of carbonyl (C=O) groups is 1. The van der Waals surface area contributed by atoms with Crippen LogP contribution >= 0.6 is 0 Å². The van der Waals surface area contributed by atoms with Crippen LogP contribution in [0.25, 0.3) is 16.9 Å². The minimum absolute atomic E-state index is 0.131. The molecule has 4 rings (SSSR count). The lowest BCUT2D eigenvalue weighted by Crippen LogP contribution is -2.26. The molecule has 2 aromatic heterocycles. The molecule has 2 heterocycles. The number of carbonyl (C=O) groups excluding carboxylic acids is 1. The first-order valence-corrected chi connectivity index (χ1v) is 8.93. The fraction of sp³-hybridized carbons (Fsp3) is 0.136. The molecular weight excluding hydrogens is 352 g/mol. The van der Waals surface area contributed by atoms with Gasteiger partial charge in [-0.05, 0) is 29.8 Å². The zero-order valence-corrected chi connectivity index (χ0v) is 15.7. The molecule has 0 unspecified atom stereocenters. The number of fused-ring (bicyclic) bond motifs is 1. The minimum Gasteiger partial charge on any atom is -0.497 e. The number of aromatic nitrogens is 3. The Labute approximate surface area is 163 Å². The maximum absolute atomic E-state index is 12.9. The van der Waals surface area contributed by atoms with Crippen molar-refractivity contribution in [1.29, 1.82) is 0 Å². The predicted octanol–water partition coefficient (Wildman–Crippen LogP) is 3.68. The topological polar surface area (TPSA) is 59.7 Å². The van der Waals surface area contributed by atoms with Crippen LogP contribution in [0.4, 0.5) is 0 Å². The van der Waals surface area contributed by atoms with Crippen LogP contribution in [0.2, 0.25) is 0 Å². The van der Waals surface area contributed by atoms with Gasteiger partial charge >= 0.3 is 0 Å². The predicted molar refractivity (Wildman–Crippen MR) is 107 cm³/mol. The second kappa shape index (κ2) is 7.52. The van der Waals surface area contributed by atoms with Crippen molar-refractivity contribution in [3.05, 3.63) is 84.4 Å². The molecule has 0 bridgehead atoms. The van der Waals surface area contributed by atoms with E-state index in [1.54, 1.807) is 37.6 Å². The minimum atomic E-state index is -0.131. The van der Waals surface area contributed by atoms with E-state index in [-0.39, 0.29) is 5.91 Å². The van der Waals surface area contributed by atoms with Gasteiger partial charge in [-0.15, -0.1) is 0 Å². The Morgan fingerprint density at radius 1 is 1.11 bits per heavy atom. The van der Waals surface area contributed by atoms with Gasteiger partial charge < -0.3 is 14.0 Å². The molecule has 0 spiro atoms. The van der Waals surface area contributed by atoms with Crippen LogP contribution in [0.15, 0.2) is 73.2 Å². The first-order chi connectivity index (χ1) is 13.7. The highest BCUT2D eigenvalue weighted by Crippen LogP contribution is 2.24. The lowest BCUT2D eigenvalue weighted by atomic mass is 10.1. The van der Waals surface area contributed by atoms with Gasteiger partial charge in [-0.1, -0.05) is 30.3 Å². The molecule has 140 valence electrons. The second-order valence-electron chi connectivity index (χ2n) is 6.51. The van der Waals surface area contributed by atoms with E-state index in [4.69, 9.17) is 4.74 Å². The molecule has 1 amide bonds. The number of hydrogen-bond donors (Lipinski definition) is 0. The van der Waals surface area contributed by atoms with Crippen LogP contribution in [0.5, 0.6) is 5.75 Å². The van der Waals surface area contributed by atoms with E-state index < -0.39 is 0 Å². The van der Waals surface area contributed by atoms with Crippen LogP contribution in [0, 0.1) is 0 Å². The number of hydrogen-bond acceptors (Lipinski definition) is 4. The van der Waals surface area contributed by atoms with Crippen molar-refractivity contribution in [1.82, 2.24) is 19.3 Å². The van der Waals surface area contributed by atoms with Crippen LogP contribution < -0.4 is 4.74 Å². The molecule has 2 aromatic carbocycles. The summed E-state index contributed by atoms with van der Waals surface area (Å²) in [4.78, 5) is 23.6. The van der Waals surface area contributed by atoms with E-state index in [9.17, 15) is 4.79 Å². The molecule has 0 radical (unpaired) electrons. The highest BCUT2D eigenvalue weighted by atomic mass is 16.5. The highest BCUT2D eigenvalue weighted by Gasteiger charge is 2.18. The summed E-state index contributed by atoms with van der Waals surface area (Å²) in [6.07, 6.45) is 5.24. The van der Waals surface area contributed by atoms with Gasteiger partial charge in [0.15, 0.2) is 5.65 Å². The van der Waals surface area contributed by atoms with Gasteiger partial charge in [0.05, 0.1) is 7.11 Å². The Hall–Kier alpha value is -3.67. The number of amides is 1. The lowest BCUT2D eigenvalue weighted by Gasteiger charge is -2.15. The maximum Gasteiger partial charge on any atom is 0.274 e. The van der Waals surface area contributed by atoms with E-state index in [2.05, 4.69) is 9.97 Å². The number of nitrogens with zero attached hydrogens (tertiary/aromatic N) is 4. The molecule has 0 N–H and O–H groups in total. The highest BCUT2D eigenvalue weighted by molar-refractivity contribution is 5.93. The zero-order chi connectivity index (χ0) is 19.5. The molecule has 0 aliphatic heterocycles. The molecule has 0 aliphatic carbocycles. The van der Waals surface area contributed by atoms with E-state index in [0.717, 1.165) is 22.6 Å². The second-order valence-corrected chi connectivity index (χ2v) is 6.51. The van der Waals surface area contributed by atoms with Gasteiger partial charge in [0, 0.05) is 37.7 Å². The summed E-state index contributed by atoms with van der Waals surface area (Å²) in [6, 6.07) is 17.5. The molecule has 6 heteroatoms. The fourth-order valence-corrected chi connectivity index (χ4v) is 3.10. The average molecular weight is 372 g/mol. The van der Waals surface area contributed by atoms with Crippen molar-refractivity contribution < 1.29 is 9.53 Å². The SMILES string of the molecule is COc1ccc(-c2nccn3cc(C(=O)N(C)Cc4ccccc4)nc23)cc1. The Morgan fingerprint density at radius 2 is 1.86 bits per heavy atom. The molecule has 4 aromatic rings. The van der Waals surface area contributed by atoms with Gasteiger partial charge in [-0.3, -0.25) is 9.78 Å². The lowest BCUT2D eigenvalue weighted by molar-refractivity contribution is 0.0780. The van der Waals surface area contributed by atoms with Gasteiger partial charge in [-0.25, -0.2) is 4.98 Å². The third-order valence-electron chi connectivity index (χ3n) is 4.57. The number of imidazole rings is 1. The Morgan fingerprint density at radius 3 is 2.57 bits per heavy atom. The summed E-state index contributed by atoms with van der Waals surface area (Å²) in [7, 11) is 3.41. The number of rotatable bonds is 5. The van der Waals surface area contributed by atoms with Crippen molar-refractivity contribution >= 4 is 11.6 Å². The quantitative estimate of drug-likeness (QED) is 0.536. The van der Waals surface area contributed by atoms with Crippen molar-refractivity contribution in [2.45, 2.75) is 6.54 Å². The zero-order valence-electron chi connectivity index (χ0n) is 15.7. The Balaban J connectivity index is 1.65. The van der Waals surface area contributed by atoms with Gasteiger partial charge in [-0.2, -0.15) is 0 Å². The van der Waals surface area contributed by atoms with Crippen LogP contribution in [0.1, 0.15) is 16.1 Å². The molecule has 6 nitrogen and oxygen atoms in total. The largest absolute Gasteiger partial charge is 0.497 e. The molecule has 0 atom stereocenters. The van der Waals surface area contributed by atoms with Crippen molar-refractivity contribution in [3.63, 3.8) is 0 Å². The van der Waals surface area contributed by atoms with Gasteiger partial charge in [0.1, 0.15) is 17.1 Å². The average Bonchev–Trinajstić information content (AvgIpc) is 3.18. The molecule has 0 aliphatic rings. The van der Waals surface area contributed by atoms with E-state index in [1.165, 1.54) is 0 Å². The third kappa shape index (κ3) is 3.44. The summed E-state index contributed by atoms with van der Waals surface area (Å²) in [5.41, 5.74) is 3.73. The van der Waals surface area contributed by atoms with E-state index in [1.807, 2.05) is 59.0 Å². The van der Waals surface area contributed by atoms with E-state index >= 15 is 0 Å². The summed E-state index contributed by atoms with van der Waals surface area (Å²) >= 11 is 0. The Kier molecular flexibility index (Phi) is 4.76. The first-order valence-electron chi connectivity index (χ1n) is 8.93. The van der Waals surface area contributed by atoms with Crippen molar-refractivity contribution in [2.24, 2.45) is 0 Å². The van der Waals surface area contributed by atoms with Gasteiger partial charge in [0.2, 0.25) is 0 Å².